The minimum absolute atomic E-state index is 0.500. The first-order chi connectivity index (χ1) is 11.0. The molecule has 1 aromatic carbocycles. The summed E-state index contributed by atoms with van der Waals surface area (Å²) in [5, 5.41) is 3.96. The van der Waals surface area contributed by atoms with E-state index in [1.54, 1.807) is 24.3 Å². The fourth-order valence-electron chi connectivity index (χ4n) is 2.15. The molecule has 7 nitrogen and oxygen atoms in total. The highest BCUT2D eigenvalue weighted by Gasteiger charge is 2.09. The standard InChI is InChI=1S/C15H22N4O3S/c1-23(20,21)19-13-9-7-12(8-10-13)15-17-14(22-18-15)6-4-2-3-5-11-16/h7-10,19H,2-6,11,16H2,1H3. The van der Waals surface area contributed by atoms with E-state index in [1.165, 1.54) is 0 Å². The third kappa shape index (κ3) is 5.99. The molecule has 0 aliphatic heterocycles. The Kier molecular flexibility index (Phi) is 6.12. The Labute approximate surface area is 136 Å². The van der Waals surface area contributed by atoms with Gasteiger partial charge in [0.1, 0.15) is 0 Å². The highest BCUT2D eigenvalue weighted by atomic mass is 32.2. The van der Waals surface area contributed by atoms with Crippen molar-refractivity contribution in [3.8, 4) is 11.4 Å². The number of hydrogen-bond acceptors (Lipinski definition) is 6. The van der Waals surface area contributed by atoms with Crippen LogP contribution in [0.15, 0.2) is 28.8 Å². The molecule has 0 saturated heterocycles. The first kappa shape index (κ1) is 17.4. The number of unbranched alkanes of at least 4 members (excludes halogenated alkanes) is 3. The second-order valence-electron chi connectivity index (χ2n) is 5.42. The maximum atomic E-state index is 11.2. The predicted octanol–water partition coefficient (Wildman–Crippen LogP) is 2.17. The number of sulfonamides is 1. The molecule has 0 fully saturated rings. The number of aromatic nitrogens is 2. The van der Waals surface area contributed by atoms with Crippen molar-refractivity contribution in [3.05, 3.63) is 30.2 Å². The van der Waals surface area contributed by atoms with Gasteiger partial charge >= 0.3 is 0 Å². The average Bonchev–Trinajstić information content (AvgIpc) is 2.95. The number of benzene rings is 1. The van der Waals surface area contributed by atoms with E-state index in [0.29, 0.717) is 17.4 Å². The van der Waals surface area contributed by atoms with Gasteiger partial charge < -0.3 is 10.3 Å². The first-order valence-corrected chi connectivity index (χ1v) is 9.48. The summed E-state index contributed by atoms with van der Waals surface area (Å²) in [4.78, 5) is 4.36. The maximum absolute atomic E-state index is 11.2. The topological polar surface area (TPSA) is 111 Å². The summed E-state index contributed by atoms with van der Waals surface area (Å²) in [6, 6.07) is 6.84. The van der Waals surface area contributed by atoms with Gasteiger partial charge in [-0.1, -0.05) is 18.0 Å². The Morgan fingerprint density at radius 3 is 2.48 bits per heavy atom. The zero-order chi connectivity index (χ0) is 16.7. The Hall–Kier alpha value is -1.93. The molecule has 0 spiro atoms. The van der Waals surface area contributed by atoms with Gasteiger partial charge in [-0.25, -0.2) is 8.42 Å². The number of nitrogens with zero attached hydrogens (tertiary/aromatic N) is 2. The molecule has 2 rings (SSSR count). The van der Waals surface area contributed by atoms with E-state index in [9.17, 15) is 8.42 Å². The van der Waals surface area contributed by atoms with Crippen LogP contribution in [0.2, 0.25) is 0 Å². The molecule has 0 saturated carbocycles. The lowest BCUT2D eigenvalue weighted by Gasteiger charge is -2.03. The van der Waals surface area contributed by atoms with Gasteiger partial charge in [-0.05, 0) is 43.7 Å². The van der Waals surface area contributed by atoms with Crippen molar-refractivity contribution in [2.75, 3.05) is 17.5 Å². The van der Waals surface area contributed by atoms with Gasteiger partial charge in [0.05, 0.1) is 6.26 Å². The summed E-state index contributed by atoms with van der Waals surface area (Å²) < 4.78 is 30.0. The molecule has 23 heavy (non-hydrogen) atoms. The molecule has 1 heterocycles. The molecule has 0 atom stereocenters. The fraction of sp³-hybridized carbons (Fsp3) is 0.467. The molecular weight excluding hydrogens is 316 g/mol. The number of nitrogens with two attached hydrogens (primary N) is 1. The zero-order valence-electron chi connectivity index (χ0n) is 13.2. The molecule has 0 amide bonds. The van der Waals surface area contributed by atoms with Crippen LogP contribution in [0, 0.1) is 0 Å². The molecule has 1 aromatic heterocycles. The van der Waals surface area contributed by atoms with E-state index in [1.807, 2.05) is 0 Å². The van der Waals surface area contributed by atoms with Crippen LogP contribution in [0.5, 0.6) is 0 Å². The second-order valence-corrected chi connectivity index (χ2v) is 7.16. The van der Waals surface area contributed by atoms with Crippen LogP contribution in [-0.4, -0.2) is 31.4 Å². The van der Waals surface area contributed by atoms with Crippen LogP contribution in [0.25, 0.3) is 11.4 Å². The lowest BCUT2D eigenvalue weighted by Crippen LogP contribution is -2.09. The molecule has 0 aliphatic carbocycles. The molecule has 0 radical (unpaired) electrons. The quantitative estimate of drug-likeness (QED) is 0.678. The van der Waals surface area contributed by atoms with E-state index in [0.717, 1.165) is 50.5 Å². The first-order valence-electron chi connectivity index (χ1n) is 7.59. The monoisotopic (exact) mass is 338 g/mol. The molecule has 126 valence electrons. The molecule has 3 N–H and O–H groups in total. The van der Waals surface area contributed by atoms with Gasteiger partial charge in [0, 0.05) is 17.7 Å². The van der Waals surface area contributed by atoms with E-state index in [4.69, 9.17) is 10.3 Å². The van der Waals surface area contributed by atoms with Crippen molar-refractivity contribution in [1.29, 1.82) is 0 Å². The molecule has 0 aliphatic rings. The minimum Gasteiger partial charge on any atom is -0.339 e. The SMILES string of the molecule is CS(=O)(=O)Nc1ccc(-c2noc(CCCCCCN)n2)cc1. The van der Waals surface area contributed by atoms with Crippen molar-refractivity contribution in [3.63, 3.8) is 0 Å². The van der Waals surface area contributed by atoms with E-state index in [2.05, 4.69) is 14.9 Å². The maximum Gasteiger partial charge on any atom is 0.229 e. The molecule has 0 unspecified atom stereocenters. The van der Waals surface area contributed by atoms with Crippen LogP contribution in [0.3, 0.4) is 0 Å². The average molecular weight is 338 g/mol. The predicted molar refractivity (Wildman–Crippen MR) is 89.4 cm³/mol. The fourth-order valence-corrected chi connectivity index (χ4v) is 2.71. The molecular formula is C15H22N4O3S. The van der Waals surface area contributed by atoms with Crippen LogP contribution in [-0.2, 0) is 16.4 Å². The van der Waals surface area contributed by atoms with Crippen molar-refractivity contribution in [2.24, 2.45) is 5.73 Å². The van der Waals surface area contributed by atoms with Gasteiger partial charge in [0.2, 0.25) is 21.7 Å². The van der Waals surface area contributed by atoms with Crippen molar-refractivity contribution in [2.45, 2.75) is 32.1 Å². The normalized spacial score (nSPS) is 11.6. The van der Waals surface area contributed by atoms with Crippen molar-refractivity contribution >= 4 is 15.7 Å². The van der Waals surface area contributed by atoms with Gasteiger partial charge in [0.15, 0.2) is 0 Å². The number of hydrogen-bond donors (Lipinski definition) is 2. The number of anilines is 1. The lowest BCUT2D eigenvalue weighted by molar-refractivity contribution is 0.374. The summed E-state index contributed by atoms with van der Waals surface area (Å²) >= 11 is 0. The second kappa shape index (κ2) is 8.07. The van der Waals surface area contributed by atoms with Crippen molar-refractivity contribution < 1.29 is 12.9 Å². The van der Waals surface area contributed by atoms with E-state index in [-0.39, 0.29) is 0 Å². The summed E-state index contributed by atoms with van der Waals surface area (Å²) in [5.41, 5.74) is 6.73. The van der Waals surface area contributed by atoms with Crippen molar-refractivity contribution in [1.82, 2.24) is 10.1 Å². The van der Waals surface area contributed by atoms with Crippen LogP contribution in [0.1, 0.15) is 31.6 Å². The number of nitrogens with one attached hydrogen (secondary N) is 1. The van der Waals surface area contributed by atoms with Crippen LogP contribution < -0.4 is 10.5 Å². The Balaban J connectivity index is 1.92. The number of aryl methyl sites for hydroxylation is 1. The van der Waals surface area contributed by atoms with Gasteiger partial charge in [-0.15, -0.1) is 0 Å². The summed E-state index contributed by atoms with van der Waals surface area (Å²) in [6.45, 7) is 0.731. The smallest absolute Gasteiger partial charge is 0.229 e. The molecule has 2 aromatic rings. The Bertz CT molecular complexity index is 711. The third-order valence-electron chi connectivity index (χ3n) is 3.26. The van der Waals surface area contributed by atoms with E-state index >= 15 is 0 Å². The molecule has 0 bridgehead atoms. The Morgan fingerprint density at radius 1 is 1.13 bits per heavy atom. The zero-order valence-corrected chi connectivity index (χ0v) is 14.0. The van der Waals surface area contributed by atoms with Crippen LogP contribution in [0.4, 0.5) is 5.69 Å². The highest BCUT2D eigenvalue weighted by molar-refractivity contribution is 7.92. The summed E-state index contributed by atoms with van der Waals surface area (Å²) in [7, 11) is -3.28. The highest BCUT2D eigenvalue weighted by Crippen LogP contribution is 2.19. The summed E-state index contributed by atoms with van der Waals surface area (Å²) in [6.07, 6.45) is 6.13. The minimum atomic E-state index is -3.28. The lowest BCUT2D eigenvalue weighted by atomic mass is 10.1. The van der Waals surface area contributed by atoms with Gasteiger partial charge in [0.25, 0.3) is 0 Å². The van der Waals surface area contributed by atoms with E-state index < -0.39 is 10.0 Å². The van der Waals surface area contributed by atoms with Gasteiger partial charge in [-0.2, -0.15) is 4.98 Å². The van der Waals surface area contributed by atoms with Crippen LogP contribution >= 0.6 is 0 Å². The Morgan fingerprint density at radius 2 is 1.83 bits per heavy atom. The third-order valence-corrected chi connectivity index (χ3v) is 3.87. The largest absolute Gasteiger partial charge is 0.339 e. The van der Waals surface area contributed by atoms with Gasteiger partial charge in [-0.3, -0.25) is 4.72 Å². The number of rotatable bonds is 9. The summed E-state index contributed by atoms with van der Waals surface area (Å²) in [5.74, 6) is 1.12. The molecule has 8 heteroatoms.